The van der Waals surface area contributed by atoms with Crippen LogP contribution in [-0.4, -0.2) is 147 Å². The fourth-order valence-electron chi connectivity index (χ4n) is 3.24. The van der Waals surface area contributed by atoms with Crippen LogP contribution in [0.3, 0.4) is 0 Å². The van der Waals surface area contributed by atoms with Crippen LogP contribution in [0.5, 0.6) is 0 Å². The summed E-state index contributed by atoms with van der Waals surface area (Å²) < 4.78 is 0. The maximum Gasteiger partial charge on any atom is 0.0229 e. The van der Waals surface area contributed by atoms with E-state index in [1.165, 1.54) is 34.5 Å². The van der Waals surface area contributed by atoms with Gasteiger partial charge < -0.3 is 0 Å². The molecule has 0 saturated heterocycles. The molecule has 0 aromatic carbocycles. The molecule has 17 heteroatoms. The maximum absolute atomic E-state index is 4.92. The molecule has 0 bridgehead atoms. The Hall–Kier alpha value is 5.95. The van der Waals surface area contributed by atoms with Gasteiger partial charge >= 0.3 is 0 Å². The highest BCUT2D eigenvalue weighted by Gasteiger charge is 2.16. The van der Waals surface area contributed by atoms with Crippen molar-refractivity contribution in [2.45, 2.75) is 31.5 Å². The van der Waals surface area contributed by atoms with Crippen LogP contribution in [0.2, 0.25) is 0 Å². The van der Waals surface area contributed by atoms with Gasteiger partial charge in [-0.05, 0) is 23.0 Å². The van der Waals surface area contributed by atoms with Crippen LogP contribution in [-0.2, 0) is 0 Å². The van der Waals surface area contributed by atoms with Crippen molar-refractivity contribution in [2.75, 3.05) is 115 Å². The summed E-state index contributed by atoms with van der Waals surface area (Å²) in [6.45, 7) is 0. The molecule has 0 spiro atoms. The Bertz CT molecular complexity index is 518. The predicted octanol–water partition coefficient (Wildman–Crippen LogP) is 9.24. The largest absolute Gasteiger partial charge is 0.179 e. The van der Waals surface area contributed by atoms with Gasteiger partial charge in [-0.25, -0.2) is 0 Å². The molecule has 0 aliphatic heterocycles. The highest BCUT2D eigenvalue weighted by molar-refractivity contribution is 8.08. The molecule has 0 aliphatic carbocycles. The molecule has 0 heterocycles. The summed E-state index contributed by atoms with van der Waals surface area (Å²) in [6.07, 6.45) is 0. The van der Waals surface area contributed by atoms with E-state index in [4.69, 9.17) is 25.3 Å². The quantitative estimate of drug-likeness (QED) is 0.0296. The van der Waals surface area contributed by atoms with Crippen LogP contribution >= 0.6 is 207 Å². The van der Waals surface area contributed by atoms with Crippen LogP contribution in [0.15, 0.2) is 0 Å². The van der Waals surface area contributed by atoms with Crippen LogP contribution < -0.4 is 0 Å². The Morgan fingerprint density at radius 1 is 0.326 bits per heavy atom. The monoisotopic (exact) mass is 910 g/mol. The molecule has 0 radical (unpaired) electrons. The zero-order chi connectivity index (χ0) is 32.0. The third-order valence-electron chi connectivity index (χ3n) is 5.25. The van der Waals surface area contributed by atoms with Crippen molar-refractivity contribution in [1.29, 1.82) is 0 Å². The van der Waals surface area contributed by atoms with Crippen LogP contribution in [0.1, 0.15) is 0 Å². The lowest BCUT2D eigenvalue weighted by Gasteiger charge is -2.20. The number of hydrogen-bond donors (Lipinski definition) is 8. The molecule has 0 amide bonds. The number of thioether (sulfide) groups is 9. The van der Waals surface area contributed by atoms with Gasteiger partial charge in [0.2, 0.25) is 0 Å². The average molecular weight is 912 g/mol. The van der Waals surface area contributed by atoms with Crippen molar-refractivity contribution in [2.24, 2.45) is 0 Å². The number of thiol groups is 8. The van der Waals surface area contributed by atoms with Gasteiger partial charge in [-0.2, -0.15) is 207 Å². The van der Waals surface area contributed by atoms with Gasteiger partial charge in [0.25, 0.3) is 0 Å². The lowest BCUT2D eigenvalue weighted by molar-refractivity contribution is 1.10. The Balaban J connectivity index is 4.20. The molecule has 0 rings (SSSR count). The molecule has 0 aromatic rings. The SMILES string of the molecule is SCCS[C@H](CSCC(S)CSCC(S)CSC[C@H](CSC[C@H](CS)SCCS)SCCS)CSC[C@H](CS)SCCS. The van der Waals surface area contributed by atoms with E-state index in [-0.39, 0.29) is 0 Å². The minimum Gasteiger partial charge on any atom is -0.179 e. The first-order valence-corrected chi connectivity index (χ1v) is 29.1. The van der Waals surface area contributed by atoms with E-state index >= 15 is 0 Å². The third kappa shape index (κ3) is 32.3. The van der Waals surface area contributed by atoms with Crippen molar-refractivity contribution in [3.63, 3.8) is 0 Å². The molecular weight excluding hydrogens is 857 g/mol. The second-order valence-electron chi connectivity index (χ2n) is 9.23. The molecule has 0 saturated carbocycles. The second-order valence-corrected chi connectivity index (χ2v) is 24.2. The predicted molar refractivity (Wildman–Crippen MR) is 260 cm³/mol. The zero-order valence-corrected chi connectivity index (χ0v) is 39.4. The minimum absolute atomic E-state index is 0.434. The van der Waals surface area contributed by atoms with E-state index in [0.717, 1.165) is 80.5 Å². The molecular formula is C26H54S17. The molecule has 43 heavy (non-hydrogen) atoms. The van der Waals surface area contributed by atoms with Gasteiger partial charge in [-0.1, -0.05) is 0 Å². The van der Waals surface area contributed by atoms with E-state index in [9.17, 15) is 0 Å². The van der Waals surface area contributed by atoms with Gasteiger partial charge in [0.15, 0.2) is 0 Å². The normalized spacial score (nSPS) is 16.2. The summed E-state index contributed by atoms with van der Waals surface area (Å²) in [5.74, 6) is 21.8. The van der Waals surface area contributed by atoms with Crippen molar-refractivity contribution in [1.82, 2.24) is 0 Å². The van der Waals surface area contributed by atoms with E-state index in [0.29, 0.717) is 31.5 Å². The lowest BCUT2D eigenvalue weighted by Crippen LogP contribution is -2.18. The van der Waals surface area contributed by atoms with Crippen molar-refractivity contribution in [3.8, 4) is 0 Å². The first kappa shape index (κ1) is 49.0. The van der Waals surface area contributed by atoms with E-state index in [2.05, 4.69) is 146 Å². The fourth-order valence-corrected chi connectivity index (χ4v) is 18.1. The third-order valence-corrected chi connectivity index (χ3v) is 23.1. The van der Waals surface area contributed by atoms with E-state index < -0.39 is 0 Å². The van der Waals surface area contributed by atoms with Crippen LogP contribution in [0.25, 0.3) is 0 Å². The van der Waals surface area contributed by atoms with Crippen LogP contribution in [0, 0.1) is 0 Å². The average Bonchev–Trinajstić information content (AvgIpc) is 3.01. The molecule has 0 N–H and O–H groups in total. The highest BCUT2D eigenvalue weighted by Crippen LogP contribution is 2.28. The standard InChI is InChI=1S/C26H54S17/c27-1-5-40-23(9-31)15-38-19-25(42-7-3-29)17-36-13-21(33)11-35-12-22(34)14-37-18-26(43-8-4-30)20-39-16-24(10-32)41-6-2-28/h21-34H,1-20H2/t21?,22?,23-,24-,25+,26+/m0/s1. The Morgan fingerprint density at radius 3 is 0.837 bits per heavy atom. The van der Waals surface area contributed by atoms with Gasteiger partial charge in [0.05, 0.1) is 0 Å². The molecule has 6 atom stereocenters. The summed E-state index contributed by atoms with van der Waals surface area (Å²) in [7, 11) is 0. The van der Waals surface area contributed by atoms with Gasteiger partial charge in [-0.15, -0.1) is 0 Å². The Labute approximate surface area is 348 Å². The molecule has 0 aromatic heterocycles. The molecule has 260 valence electrons. The van der Waals surface area contributed by atoms with E-state index in [1.807, 2.05) is 35.3 Å². The fraction of sp³-hybridized carbons (Fsp3) is 1.00. The number of hydrogen-bond acceptors (Lipinski definition) is 17. The highest BCUT2D eigenvalue weighted by atomic mass is 32.2. The summed E-state index contributed by atoms with van der Waals surface area (Å²) in [4.78, 5) is 0. The Morgan fingerprint density at radius 2 is 0.558 bits per heavy atom. The second kappa shape index (κ2) is 37.7. The van der Waals surface area contributed by atoms with Crippen molar-refractivity contribution in [3.05, 3.63) is 0 Å². The molecule has 2 unspecified atom stereocenters. The van der Waals surface area contributed by atoms with Crippen molar-refractivity contribution >= 4 is 207 Å². The van der Waals surface area contributed by atoms with Gasteiger partial charge in [0, 0.05) is 124 Å². The van der Waals surface area contributed by atoms with Crippen molar-refractivity contribution < 1.29 is 0 Å². The first-order valence-electron chi connectivity index (χ1n) is 14.3. The zero-order valence-electron chi connectivity index (χ0n) is 24.9. The summed E-state index contributed by atoms with van der Waals surface area (Å²) in [6, 6.07) is 0. The van der Waals surface area contributed by atoms with Crippen LogP contribution in [0.4, 0.5) is 0 Å². The topological polar surface area (TPSA) is 0 Å². The number of rotatable bonds is 34. The molecule has 0 nitrogen and oxygen atoms in total. The maximum atomic E-state index is 4.92. The summed E-state index contributed by atoms with van der Waals surface area (Å²) >= 11 is 55.0. The van der Waals surface area contributed by atoms with Gasteiger partial charge in [0.1, 0.15) is 0 Å². The minimum atomic E-state index is 0.434. The summed E-state index contributed by atoms with van der Waals surface area (Å²) in [5, 5.41) is 3.48. The first-order chi connectivity index (χ1) is 20.9. The summed E-state index contributed by atoms with van der Waals surface area (Å²) in [5.41, 5.74) is 0. The Kier molecular flexibility index (Phi) is 42.9. The van der Waals surface area contributed by atoms with E-state index in [1.54, 1.807) is 0 Å². The molecule has 0 fully saturated rings. The smallest absolute Gasteiger partial charge is 0.0229 e. The van der Waals surface area contributed by atoms with Gasteiger partial charge in [-0.3, -0.25) is 0 Å². The molecule has 0 aliphatic rings. The lowest BCUT2D eigenvalue weighted by atomic mass is 10.5.